The Morgan fingerprint density at radius 3 is 2.58 bits per heavy atom. The first kappa shape index (κ1) is 8.23. The van der Waals surface area contributed by atoms with E-state index in [9.17, 15) is 9.59 Å². The third kappa shape index (κ3) is 1.28. The topological polar surface area (TPSA) is 37.4 Å². The number of hydrogen-bond acceptors (Lipinski definition) is 2. The number of carbonyl (C=O) groups excluding carboxylic acids is 2. The van der Waals surface area contributed by atoms with Gasteiger partial charge in [-0.05, 0) is 12.8 Å². The van der Waals surface area contributed by atoms with Crippen molar-refractivity contribution in [2.45, 2.75) is 30.1 Å². The summed E-state index contributed by atoms with van der Waals surface area (Å²) in [6.07, 6.45) is 2.73. The first-order valence-electron chi connectivity index (χ1n) is 4.17. The summed E-state index contributed by atoms with van der Waals surface area (Å²) in [5.41, 5.74) is 0. The molecule has 0 N–H and O–H groups in total. The molecule has 1 amide bonds. The maximum absolute atomic E-state index is 11.5. The highest BCUT2D eigenvalue weighted by Gasteiger charge is 2.40. The number of likely N-dealkylation sites (tertiary alicyclic amines) is 1. The lowest BCUT2D eigenvalue weighted by atomic mass is 10.1. The van der Waals surface area contributed by atoms with Crippen molar-refractivity contribution in [1.29, 1.82) is 0 Å². The number of rotatable bonds is 1. The van der Waals surface area contributed by atoms with Gasteiger partial charge in [-0.2, -0.15) is 0 Å². The second-order valence-corrected chi connectivity index (χ2v) is 4.26. The van der Waals surface area contributed by atoms with Gasteiger partial charge in [0.05, 0.1) is 0 Å². The van der Waals surface area contributed by atoms with Crippen LogP contribution in [-0.2, 0) is 9.59 Å². The van der Waals surface area contributed by atoms with Crippen LogP contribution in [0.1, 0.15) is 19.3 Å². The predicted octanol–water partition coefficient (Wildman–Crippen LogP) is 0.714. The summed E-state index contributed by atoms with van der Waals surface area (Å²) in [6, 6.07) is 0.436. The number of nitrogens with zero attached hydrogens (tertiary/aromatic N) is 1. The van der Waals surface area contributed by atoms with Crippen molar-refractivity contribution >= 4 is 27.6 Å². The Bertz CT molecular complexity index is 237. The van der Waals surface area contributed by atoms with Crippen LogP contribution in [0.25, 0.3) is 0 Å². The van der Waals surface area contributed by atoms with Crippen LogP contribution >= 0.6 is 15.9 Å². The molecular weight excluding hydrogens is 222 g/mol. The van der Waals surface area contributed by atoms with E-state index in [1.165, 1.54) is 0 Å². The number of hydrogen-bond donors (Lipinski definition) is 0. The minimum Gasteiger partial charge on any atom is -0.338 e. The molecule has 3 nitrogen and oxygen atoms in total. The lowest BCUT2D eigenvalue weighted by Gasteiger charge is -2.28. The molecule has 0 bridgehead atoms. The van der Waals surface area contributed by atoms with Gasteiger partial charge in [0.25, 0.3) is 0 Å². The molecule has 1 atom stereocenters. The predicted molar refractivity (Wildman–Crippen MR) is 47.1 cm³/mol. The standard InChI is InChI=1S/C8H10BrNO2/c9-7-6(11)3-4-10(8(7)12)5-1-2-5/h5,7H,1-4H2/t7-/m0/s1. The van der Waals surface area contributed by atoms with E-state index in [0.29, 0.717) is 19.0 Å². The van der Waals surface area contributed by atoms with E-state index < -0.39 is 4.83 Å². The fraction of sp³-hybridized carbons (Fsp3) is 0.750. The van der Waals surface area contributed by atoms with Crippen LogP contribution < -0.4 is 0 Å². The third-order valence-electron chi connectivity index (χ3n) is 2.37. The Hall–Kier alpha value is -0.380. The second kappa shape index (κ2) is 2.83. The van der Waals surface area contributed by atoms with Crippen LogP contribution in [0.3, 0.4) is 0 Å². The molecule has 1 aliphatic carbocycles. The molecule has 2 fully saturated rings. The average molecular weight is 232 g/mol. The highest BCUT2D eigenvalue weighted by molar-refractivity contribution is 9.10. The summed E-state index contributed by atoms with van der Waals surface area (Å²) >= 11 is 3.11. The molecule has 66 valence electrons. The maximum atomic E-state index is 11.5. The summed E-state index contributed by atoms with van der Waals surface area (Å²) in [7, 11) is 0. The molecule has 0 aromatic rings. The van der Waals surface area contributed by atoms with Gasteiger partial charge in [0.1, 0.15) is 0 Å². The molecule has 0 aromatic carbocycles. The maximum Gasteiger partial charge on any atom is 0.244 e. The largest absolute Gasteiger partial charge is 0.338 e. The quantitative estimate of drug-likeness (QED) is 0.493. The summed E-state index contributed by atoms with van der Waals surface area (Å²) in [6.45, 7) is 0.629. The van der Waals surface area contributed by atoms with Gasteiger partial charge in [-0.25, -0.2) is 0 Å². The van der Waals surface area contributed by atoms with Crippen molar-refractivity contribution in [2.75, 3.05) is 6.54 Å². The molecule has 1 heterocycles. The molecule has 0 aromatic heterocycles. The molecule has 0 spiro atoms. The van der Waals surface area contributed by atoms with E-state index in [1.807, 2.05) is 4.90 Å². The molecule has 2 aliphatic rings. The van der Waals surface area contributed by atoms with Gasteiger partial charge in [0, 0.05) is 19.0 Å². The van der Waals surface area contributed by atoms with Crippen LogP contribution in [-0.4, -0.2) is 34.0 Å². The Balaban J connectivity index is 2.08. The summed E-state index contributed by atoms with van der Waals surface area (Å²) in [5.74, 6) is -0.00866. The minimum atomic E-state index is -0.563. The number of Topliss-reactive ketones (excluding diaryl/α,β-unsaturated/α-hetero) is 1. The van der Waals surface area contributed by atoms with Crippen LogP contribution in [0.2, 0.25) is 0 Å². The zero-order valence-electron chi connectivity index (χ0n) is 6.62. The van der Waals surface area contributed by atoms with Crippen LogP contribution in [0.5, 0.6) is 0 Å². The molecule has 0 unspecified atom stereocenters. The highest BCUT2D eigenvalue weighted by Crippen LogP contribution is 2.30. The molecule has 1 saturated carbocycles. The number of halogens is 1. The Kier molecular flexibility index (Phi) is 1.94. The number of amides is 1. The smallest absolute Gasteiger partial charge is 0.244 e. The molecular formula is C8H10BrNO2. The lowest BCUT2D eigenvalue weighted by Crippen LogP contribution is -2.47. The normalized spacial score (nSPS) is 31.1. The Morgan fingerprint density at radius 1 is 1.33 bits per heavy atom. The number of piperidine rings is 1. The number of carbonyl (C=O) groups is 2. The zero-order chi connectivity index (χ0) is 8.72. The monoisotopic (exact) mass is 231 g/mol. The van der Waals surface area contributed by atoms with Gasteiger partial charge in [-0.3, -0.25) is 9.59 Å². The second-order valence-electron chi connectivity index (χ2n) is 3.34. The van der Waals surface area contributed by atoms with E-state index >= 15 is 0 Å². The molecule has 1 aliphatic heterocycles. The lowest BCUT2D eigenvalue weighted by molar-refractivity contribution is -0.138. The average Bonchev–Trinajstić information content (AvgIpc) is 2.84. The first-order chi connectivity index (χ1) is 5.70. The van der Waals surface area contributed by atoms with E-state index in [1.54, 1.807) is 0 Å². The molecule has 4 heteroatoms. The van der Waals surface area contributed by atoms with Gasteiger partial charge >= 0.3 is 0 Å². The molecule has 2 rings (SSSR count). The van der Waals surface area contributed by atoms with Crippen molar-refractivity contribution in [3.8, 4) is 0 Å². The van der Waals surface area contributed by atoms with Crippen molar-refractivity contribution in [3.63, 3.8) is 0 Å². The van der Waals surface area contributed by atoms with E-state index in [-0.39, 0.29) is 11.7 Å². The Labute approximate surface area is 79.2 Å². The van der Waals surface area contributed by atoms with E-state index in [2.05, 4.69) is 15.9 Å². The van der Waals surface area contributed by atoms with Crippen LogP contribution in [0.15, 0.2) is 0 Å². The van der Waals surface area contributed by atoms with Gasteiger partial charge in [0.15, 0.2) is 10.6 Å². The van der Waals surface area contributed by atoms with Gasteiger partial charge < -0.3 is 4.90 Å². The number of ketones is 1. The summed E-state index contributed by atoms with van der Waals surface area (Å²) in [4.78, 5) is 23.8. The minimum absolute atomic E-state index is 0.0249. The van der Waals surface area contributed by atoms with Gasteiger partial charge in [-0.1, -0.05) is 15.9 Å². The molecule has 1 saturated heterocycles. The van der Waals surface area contributed by atoms with Crippen molar-refractivity contribution in [1.82, 2.24) is 4.90 Å². The first-order valence-corrected chi connectivity index (χ1v) is 5.09. The van der Waals surface area contributed by atoms with Crippen LogP contribution in [0, 0.1) is 0 Å². The summed E-state index contributed by atoms with van der Waals surface area (Å²) in [5, 5.41) is 0. The third-order valence-corrected chi connectivity index (χ3v) is 3.27. The molecule has 12 heavy (non-hydrogen) atoms. The molecule has 0 radical (unpaired) electrons. The fourth-order valence-electron chi connectivity index (χ4n) is 1.50. The Morgan fingerprint density at radius 2 is 2.00 bits per heavy atom. The highest BCUT2D eigenvalue weighted by atomic mass is 79.9. The SMILES string of the molecule is O=C1CCN(C2CC2)C(=O)[C@H]1Br. The van der Waals surface area contributed by atoms with Crippen molar-refractivity contribution in [3.05, 3.63) is 0 Å². The van der Waals surface area contributed by atoms with Gasteiger partial charge in [-0.15, -0.1) is 0 Å². The van der Waals surface area contributed by atoms with E-state index in [0.717, 1.165) is 12.8 Å². The van der Waals surface area contributed by atoms with Crippen molar-refractivity contribution in [2.24, 2.45) is 0 Å². The van der Waals surface area contributed by atoms with Gasteiger partial charge in [0.2, 0.25) is 5.91 Å². The zero-order valence-corrected chi connectivity index (χ0v) is 8.21. The van der Waals surface area contributed by atoms with E-state index in [4.69, 9.17) is 0 Å². The van der Waals surface area contributed by atoms with Crippen molar-refractivity contribution < 1.29 is 9.59 Å². The van der Waals surface area contributed by atoms with Crippen LogP contribution in [0.4, 0.5) is 0 Å². The summed E-state index contributed by atoms with van der Waals surface area (Å²) < 4.78 is 0. The number of alkyl halides is 1. The fourth-order valence-corrected chi connectivity index (χ4v) is 1.99.